The smallest absolute Gasteiger partial charge is 0.263 e. The Labute approximate surface area is 211 Å². The van der Waals surface area contributed by atoms with Crippen molar-refractivity contribution in [3.8, 4) is 23.0 Å². The summed E-state index contributed by atoms with van der Waals surface area (Å²) >= 11 is 11.1. The zero-order valence-electron chi connectivity index (χ0n) is 18.3. The Morgan fingerprint density at radius 2 is 1.69 bits per heavy atom. The second-order valence-corrected chi connectivity index (χ2v) is 7.94. The van der Waals surface area contributed by atoms with Crippen LogP contribution in [0.25, 0.3) is 22.6 Å². The maximum atomic E-state index is 14.2. The van der Waals surface area contributed by atoms with Crippen LogP contribution in [0.2, 0.25) is 5.02 Å². The van der Waals surface area contributed by atoms with Crippen LogP contribution in [-0.4, -0.2) is 30.2 Å². The van der Waals surface area contributed by atoms with Crippen LogP contribution in [0, 0.1) is 23.3 Å². The monoisotopic (exact) mass is 539 g/mol. The number of benzene rings is 3. The molecule has 1 heterocycles. The number of hydrogen-bond acceptors (Lipinski definition) is 6. The normalized spacial score (nSPS) is 10.9. The number of rotatable bonds is 5. The van der Waals surface area contributed by atoms with Gasteiger partial charge in [0, 0.05) is 11.3 Å². The molecule has 3 aromatic carbocycles. The molecule has 4 rings (SSSR count). The highest BCUT2D eigenvalue weighted by molar-refractivity contribution is 7.80. The van der Waals surface area contributed by atoms with Gasteiger partial charge >= 0.3 is 0 Å². The largest absolute Gasteiger partial charge is 0.495 e. The van der Waals surface area contributed by atoms with E-state index in [0.717, 1.165) is 7.11 Å². The maximum absolute atomic E-state index is 14.2. The average molecular weight is 540 g/mol. The summed E-state index contributed by atoms with van der Waals surface area (Å²) in [6, 6.07) is 9.62. The molecule has 0 unspecified atom stereocenters. The molecule has 0 atom stereocenters. The van der Waals surface area contributed by atoms with Crippen molar-refractivity contribution in [2.45, 2.75) is 0 Å². The number of anilines is 1. The molecular weight excluding hydrogens is 526 g/mol. The van der Waals surface area contributed by atoms with Crippen LogP contribution in [0.1, 0.15) is 10.4 Å². The summed E-state index contributed by atoms with van der Waals surface area (Å²) in [4.78, 5) is 16.7. The molecule has 1 aromatic heterocycles. The van der Waals surface area contributed by atoms with E-state index in [9.17, 15) is 22.4 Å². The number of oxazole rings is 1. The molecule has 0 spiro atoms. The molecule has 0 aliphatic heterocycles. The summed E-state index contributed by atoms with van der Waals surface area (Å²) in [5.41, 5.74) is 0.258. The number of methoxy groups -OCH3 is 2. The number of carbonyl (C=O) groups is 1. The lowest BCUT2D eigenvalue weighted by atomic mass is 10.1. The summed E-state index contributed by atoms with van der Waals surface area (Å²) in [6.45, 7) is 0. The van der Waals surface area contributed by atoms with E-state index in [-0.39, 0.29) is 5.89 Å². The van der Waals surface area contributed by atoms with Gasteiger partial charge in [-0.05, 0) is 48.6 Å². The molecule has 0 fully saturated rings. The highest BCUT2D eigenvalue weighted by Gasteiger charge is 2.30. The number of halogens is 5. The standard InChI is InChI=1S/C23H14ClF4N3O4S/c1-33-13-5-3-9(7-11(13)24)22-30-12-8-10(4-6-14(12)35-22)29-23(36)31-21(32)15-16(25)18(27)20(34-2)19(28)17(15)26/h3-8H,1-2H3,(H2,29,31,32,36). The molecule has 1 amide bonds. The van der Waals surface area contributed by atoms with Crippen molar-refractivity contribution in [2.24, 2.45) is 0 Å². The molecule has 0 aliphatic carbocycles. The lowest BCUT2D eigenvalue weighted by Gasteiger charge is -2.12. The Kier molecular flexibility index (Phi) is 7.00. The number of amides is 1. The zero-order valence-corrected chi connectivity index (χ0v) is 19.9. The maximum Gasteiger partial charge on any atom is 0.263 e. The quantitative estimate of drug-likeness (QED) is 0.187. The first-order valence-electron chi connectivity index (χ1n) is 9.91. The van der Waals surface area contributed by atoms with Crippen LogP contribution < -0.4 is 20.1 Å². The minimum atomic E-state index is -1.93. The fraction of sp³-hybridized carbons (Fsp3) is 0.0870. The van der Waals surface area contributed by atoms with Crippen LogP contribution in [0.4, 0.5) is 23.2 Å². The Balaban J connectivity index is 1.53. The zero-order chi connectivity index (χ0) is 26.1. The SMILES string of the molecule is COc1ccc(-c2nc3cc(NC(=S)NC(=O)c4c(F)c(F)c(OC)c(F)c4F)ccc3o2)cc1Cl. The van der Waals surface area contributed by atoms with E-state index in [2.05, 4.69) is 15.0 Å². The Hall–Kier alpha value is -3.90. The van der Waals surface area contributed by atoms with E-state index in [1.165, 1.54) is 19.2 Å². The number of aromatic nitrogens is 1. The number of nitrogens with one attached hydrogen (secondary N) is 2. The summed E-state index contributed by atoms with van der Waals surface area (Å²) in [5.74, 6) is -9.61. The molecule has 13 heteroatoms. The van der Waals surface area contributed by atoms with Gasteiger partial charge in [-0.15, -0.1) is 0 Å². The second kappa shape index (κ2) is 9.99. The number of carbonyl (C=O) groups excluding carboxylic acids is 1. The Morgan fingerprint density at radius 3 is 2.31 bits per heavy atom. The van der Waals surface area contributed by atoms with E-state index < -0.39 is 45.6 Å². The van der Waals surface area contributed by atoms with Crippen molar-refractivity contribution in [1.82, 2.24) is 10.3 Å². The van der Waals surface area contributed by atoms with Crippen LogP contribution in [0.3, 0.4) is 0 Å². The molecule has 0 radical (unpaired) electrons. The third kappa shape index (κ3) is 4.64. The summed E-state index contributed by atoms with van der Waals surface area (Å²) < 4.78 is 71.3. The molecule has 0 saturated heterocycles. The lowest BCUT2D eigenvalue weighted by molar-refractivity contribution is 0.0966. The van der Waals surface area contributed by atoms with E-state index >= 15 is 0 Å². The Morgan fingerprint density at radius 1 is 1.00 bits per heavy atom. The van der Waals surface area contributed by atoms with E-state index in [4.69, 9.17) is 33.0 Å². The molecule has 0 aliphatic rings. The molecule has 2 N–H and O–H groups in total. The number of fused-ring (bicyclic) bond motifs is 1. The van der Waals surface area contributed by atoms with Gasteiger partial charge in [0.2, 0.25) is 17.5 Å². The van der Waals surface area contributed by atoms with E-state index in [0.29, 0.717) is 33.1 Å². The van der Waals surface area contributed by atoms with Gasteiger partial charge in [0.1, 0.15) is 16.8 Å². The first-order valence-corrected chi connectivity index (χ1v) is 10.7. The highest BCUT2D eigenvalue weighted by Crippen LogP contribution is 2.32. The number of hydrogen-bond donors (Lipinski definition) is 2. The van der Waals surface area contributed by atoms with Crippen LogP contribution >= 0.6 is 23.8 Å². The molecule has 7 nitrogen and oxygen atoms in total. The third-order valence-electron chi connectivity index (χ3n) is 4.93. The van der Waals surface area contributed by atoms with Crippen molar-refractivity contribution in [2.75, 3.05) is 19.5 Å². The van der Waals surface area contributed by atoms with Crippen molar-refractivity contribution in [3.05, 3.63) is 70.3 Å². The van der Waals surface area contributed by atoms with Crippen LogP contribution in [0.15, 0.2) is 40.8 Å². The van der Waals surface area contributed by atoms with Crippen molar-refractivity contribution < 1.29 is 36.2 Å². The van der Waals surface area contributed by atoms with Gasteiger partial charge in [-0.3, -0.25) is 10.1 Å². The predicted octanol–water partition coefficient (Wildman–Crippen LogP) is 5.85. The molecule has 36 heavy (non-hydrogen) atoms. The summed E-state index contributed by atoms with van der Waals surface area (Å²) in [6.07, 6.45) is 0. The van der Waals surface area contributed by atoms with E-state index in [1.54, 1.807) is 24.3 Å². The average Bonchev–Trinajstić information content (AvgIpc) is 3.26. The Bertz CT molecular complexity index is 1500. The number of thiocarbonyl (C=S) groups is 1. The predicted molar refractivity (Wildman–Crippen MR) is 128 cm³/mol. The number of nitrogens with zero attached hydrogens (tertiary/aromatic N) is 1. The fourth-order valence-corrected chi connectivity index (χ4v) is 3.71. The van der Waals surface area contributed by atoms with Gasteiger partial charge in [0.05, 0.1) is 19.2 Å². The molecule has 0 saturated carbocycles. The van der Waals surface area contributed by atoms with Gasteiger partial charge in [-0.2, -0.15) is 8.78 Å². The first kappa shape index (κ1) is 25.2. The van der Waals surface area contributed by atoms with Crippen LogP contribution in [-0.2, 0) is 0 Å². The molecule has 186 valence electrons. The van der Waals surface area contributed by atoms with Crippen molar-refractivity contribution >= 4 is 51.6 Å². The van der Waals surface area contributed by atoms with Crippen LogP contribution in [0.5, 0.6) is 11.5 Å². The first-order chi connectivity index (χ1) is 17.1. The van der Waals surface area contributed by atoms with Gasteiger partial charge < -0.3 is 19.2 Å². The van der Waals surface area contributed by atoms with Gasteiger partial charge in [-0.1, -0.05) is 11.6 Å². The summed E-state index contributed by atoms with van der Waals surface area (Å²) in [7, 11) is 2.31. The lowest BCUT2D eigenvalue weighted by Crippen LogP contribution is -2.35. The second-order valence-electron chi connectivity index (χ2n) is 7.12. The summed E-state index contributed by atoms with van der Waals surface area (Å²) in [5, 5.41) is 4.56. The van der Waals surface area contributed by atoms with Crippen molar-refractivity contribution in [3.63, 3.8) is 0 Å². The topological polar surface area (TPSA) is 85.6 Å². The molecular formula is C23H14ClF4N3O4S. The highest BCUT2D eigenvalue weighted by atomic mass is 35.5. The molecule has 0 bridgehead atoms. The van der Waals surface area contributed by atoms with Crippen molar-refractivity contribution in [1.29, 1.82) is 0 Å². The van der Waals surface area contributed by atoms with Gasteiger partial charge in [-0.25, -0.2) is 13.8 Å². The minimum Gasteiger partial charge on any atom is -0.495 e. The van der Waals surface area contributed by atoms with Gasteiger partial charge in [0.15, 0.2) is 28.1 Å². The molecule has 4 aromatic rings. The van der Waals surface area contributed by atoms with Gasteiger partial charge in [0.25, 0.3) is 5.91 Å². The minimum absolute atomic E-state index is 0.275. The number of ether oxygens (including phenoxy) is 2. The van der Waals surface area contributed by atoms with E-state index in [1.807, 2.05) is 5.32 Å². The fourth-order valence-electron chi connectivity index (χ4n) is 3.25. The third-order valence-corrected chi connectivity index (χ3v) is 5.43.